The highest BCUT2D eigenvalue weighted by Gasteiger charge is 2.82. The zero-order chi connectivity index (χ0) is 19.0. The summed E-state index contributed by atoms with van der Waals surface area (Å²) in [6.07, 6.45) is 11.6. The molecular weight excluding hydrogens is 330 g/mol. The van der Waals surface area contributed by atoms with Gasteiger partial charge in [0.15, 0.2) is 5.72 Å². The number of hydrogen-bond acceptors (Lipinski definition) is 4. The molecule has 4 rings (SSSR count). The van der Waals surface area contributed by atoms with Crippen LogP contribution in [0.25, 0.3) is 0 Å². The largest absolute Gasteiger partial charge is 0.443 e. The van der Waals surface area contributed by atoms with E-state index in [-0.39, 0.29) is 23.3 Å². The molecule has 0 aromatic heterocycles. The third-order valence-corrected chi connectivity index (χ3v) is 6.67. The van der Waals surface area contributed by atoms with E-state index in [4.69, 9.17) is 9.47 Å². The molecule has 3 heterocycles. The highest BCUT2D eigenvalue weighted by molar-refractivity contribution is 5.98. The Morgan fingerprint density at radius 2 is 2.19 bits per heavy atom. The van der Waals surface area contributed by atoms with Crippen molar-refractivity contribution in [3.63, 3.8) is 0 Å². The third-order valence-electron chi connectivity index (χ3n) is 6.67. The zero-order valence-electron chi connectivity index (χ0n) is 16.0. The molecule has 0 radical (unpaired) electrons. The summed E-state index contributed by atoms with van der Waals surface area (Å²) in [4.78, 5) is 27.7. The van der Waals surface area contributed by atoms with Gasteiger partial charge in [0.05, 0.1) is 12.0 Å². The number of carbonyl (C=O) groups is 2. The number of hydrogen-bond donors (Lipinski definition) is 0. The van der Waals surface area contributed by atoms with Crippen LogP contribution in [-0.2, 0) is 14.3 Å². The molecule has 0 aromatic rings. The molecule has 5 atom stereocenters. The van der Waals surface area contributed by atoms with Crippen LogP contribution in [0.3, 0.4) is 0 Å². The first kappa shape index (κ1) is 17.5. The Morgan fingerprint density at radius 3 is 2.85 bits per heavy atom. The molecule has 2 unspecified atom stereocenters. The van der Waals surface area contributed by atoms with Gasteiger partial charge in [0.2, 0.25) is 5.91 Å². The van der Waals surface area contributed by atoms with Crippen LogP contribution < -0.4 is 0 Å². The average molecular weight is 357 g/mol. The van der Waals surface area contributed by atoms with Gasteiger partial charge in [-0.2, -0.15) is 0 Å². The van der Waals surface area contributed by atoms with Gasteiger partial charge in [-0.05, 0) is 46.1 Å². The number of rotatable bonds is 2. The molecule has 2 saturated heterocycles. The lowest BCUT2D eigenvalue weighted by Crippen LogP contribution is -2.57. The van der Waals surface area contributed by atoms with Crippen molar-refractivity contribution in [3.05, 3.63) is 37.0 Å². The van der Waals surface area contributed by atoms with Crippen molar-refractivity contribution in [2.45, 2.75) is 64.4 Å². The smallest absolute Gasteiger partial charge is 0.419 e. The maximum Gasteiger partial charge on any atom is 0.419 e. The Kier molecular flexibility index (Phi) is 3.44. The van der Waals surface area contributed by atoms with Crippen LogP contribution in [0.1, 0.15) is 47.0 Å². The number of carbonyl (C=O) groups excluding carboxylic acids is 2. The van der Waals surface area contributed by atoms with Gasteiger partial charge in [-0.3, -0.25) is 4.79 Å². The lowest BCUT2D eigenvalue weighted by molar-refractivity contribution is -0.143. The molecule has 1 spiro atoms. The molecule has 5 nitrogen and oxygen atoms in total. The lowest BCUT2D eigenvalue weighted by atomic mass is 9.52. The van der Waals surface area contributed by atoms with Crippen LogP contribution in [0.4, 0.5) is 4.79 Å². The second kappa shape index (κ2) is 5.10. The quantitative estimate of drug-likeness (QED) is 0.702. The minimum Gasteiger partial charge on any atom is -0.443 e. The summed E-state index contributed by atoms with van der Waals surface area (Å²) in [6, 6.07) is 0. The van der Waals surface area contributed by atoms with E-state index >= 15 is 0 Å². The summed E-state index contributed by atoms with van der Waals surface area (Å²) >= 11 is 0. The molecule has 140 valence electrons. The first-order chi connectivity index (χ1) is 12.1. The summed E-state index contributed by atoms with van der Waals surface area (Å²) < 4.78 is 12.0. The number of amides is 2. The van der Waals surface area contributed by atoms with E-state index in [1.807, 2.05) is 18.2 Å². The van der Waals surface area contributed by atoms with E-state index in [9.17, 15) is 9.59 Å². The topological polar surface area (TPSA) is 55.8 Å². The van der Waals surface area contributed by atoms with Crippen molar-refractivity contribution in [2.24, 2.45) is 16.7 Å². The van der Waals surface area contributed by atoms with Gasteiger partial charge in [-0.15, -0.1) is 6.58 Å². The molecule has 26 heavy (non-hydrogen) atoms. The Labute approximate surface area is 154 Å². The third kappa shape index (κ3) is 1.80. The first-order valence-electron chi connectivity index (χ1n) is 9.36. The fourth-order valence-electron chi connectivity index (χ4n) is 5.60. The fraction of sp³-hybridized carbons (Fsp3) is 0.619. The van der Waals surface area contributed by atoms with Crippen molar-refractivity contribution in [2.75, 3.05) is 0 Å². The standard InChI is InChI=1S/C21H27NO4/c1-6-11-20-12-8-7-9-14-16(23)22(17(24)26-18(2,3)4)21(19(14,20)5)13-10-15(20)25-21/h6,8,10,12-15H,1,7,9,11H2,2-5H3/t14?,15?,19-,20-,21+/m0/s1. The maximum atomic E-state index is 13.4. The Morgan fingerprint density at radius 1 is 1.46 bits per heavy atom. The van der Waals surface area contributed by atoms with Crippen LogP contribution in [0.5, 0.6) is 0 Å². The van der Waals surface area contributed by atoms with Gasteiger partial charge >= 0.3 is 6.09 Å². The summed E-state index contributed by atoms with van der Waals surface area (Å²) in [7, 11) is 0. The second-order valence-electron chi connectivity index (χ2n) is 9.02. The zero-order valence-corrected chi connectivity index (χ0v) is 16.0. The van der Waals surface area contributed by atoms with Crippen molar-refractivity contribution in [3.8, 4) is 0 Å². The molecule has 1 aliphatic carbocycles. The molecule has 0 saturated carbocycles. The number of allylic oxidation sites excluding steroid dienone is 2. The highest BCUT2D eigenvalue weighted by atomic mass is 16.6. The van der Waals surface area contributed by atoms with Gasteiger partial charge in [-0.25, -0.2) is 9.69 Å². The minimum atomic E-state index is -1.08. The summed E-state index contributed by atoms with van der Waals surface area (Å²) in [5.74, 6) is -0.483. The Bertz CT molecular complexity index is 748. The highest BCUT2D eigenvalue weighted by Crippen LogP contribution is 2.73. The van der Waals surface area contributed by atoms with Crippen LogP contribution in [0.15, 0.2) is 37.0 Å². The van der Waals surface area contributed by atoms with E-state index < -0.39 is 22.8 Å². The van der Waals surface area contributed by atoms with E-state index in [1.54, 1.807) is 20.8 Å². The van der Waals surface area contributed by atoms with Gasteiger partial charge in [0.25, 0.3) is 0 Å². The minimum absolute atomic E-state index is 0.180. The van der Waals surface area contributed by atoms with E-state index in [2.05, 4.69) is 25.7 Å². The molecule has 5 heteroatoms. The van der Waals surface area contributed by atoms with E-state index in [0.717, 1.165) is 6.42 Å². The van der Waals surface area contributed by atoms with Gasteiger partial charge < -0.3 is 9.47 Å². The van der Waals surface area contributed by atoms with Crippen LogP contribution in [0, 0.1) is 16.7 Å². The number of fused-ring (bicyclic) bond motifs is 2. The van der Waals surface area contributed by atoms with E-state index in [1.165, 1.54) is 4.90 Å². The molecule has 0 N–H and O–H groups in total. The summed E-state index contributed by atoms with van der Waals surface area (Å²) in [6.45, 7) is 11.4. The Balaban J connectivity index is 1.89. The number of imide groups is 1. The van der Waals surface area contributed by atoms with Crippen molar-refractivity contribution < 1.29 is 19.1 Å². The number of ether oxygens (including phenoxy) is 2. The van der Waals surface area contributed by atoms with Crippen molar-refractivity contribution >= 4 is 12.0 Å². The average Bonchev–Trinajstić information content (AvgIpc) is 3.04. The lowest BCUT2D eigenvalue weighted by Gasteiger charge is -2.48. The molecule has 0 aromatic carbocycles. The predicted molar refractivity (Wildman–Crippen MR) is 97.0 cm³/mol. The molecule has 3 aliphatic heterocycles. The van der Waals surface area contributed by atoms with Gasteiger partial charge in [-0.1, -0.05) is 31.2 Å². The predicted octanol–water partition coefficient (Wildman–Crippen LogP) is 3.96. The monoisotopic (exact) mass is 357 g/mol. The van der Waals surface area contributed by atoms with Crippen molar-refractivity contribution in [1.29, 1.82) is 0 Å². The second-order valence-corrected chi connectivity index (χ2v) is 9.02. The SMILES string of the molecule is C=CC[C@]12C=CCCC3C(=O)N(C(=O)OC(C)(C)C)[C@@]4(C=CC1O4)[C@@]32C. The van der Waals surface area contributed by atoms with Crippen molar-refractivity contribution in [1.82, 2.24) is 4.90 Å². The maximum absolute atomic E-state index is 13.4. The normalized spacial score (nSPS) is 42.8. The van der Waals surface area contributed by atoms with Crippen LogP contribution >= 0.6 is 0 Å². The first-order valence-corrected chi connectivity index (χ1v) is 9.36. The number of likely N-dealkylation sites (tertiary alicyclic amines) is 1. The van der Waals surface area contributed by atoms with Gasteiger partial charge in [0.1, 0.15) is 5.60 Å². The molecule has 2 amide bonds. The summed E-state index contributed by atoms with van der Waals surface area (Å²) in [5, 5.41) is 0. The van der Waals surface area contributed by atoms with Gasteiger partial charge in [0, 0.05) is 10.8 Å². The fourth-order valence-corrected chi connectivity index (χ4v) is 5.60. The van der Waals surface area contributed by atoms with Crippen LogP contribution in [0.2, 0.25) is 0 Å². The molecule has 2 bridgehead atoms. The Hall–Kier alpha value is -1.88. The van der Waals surface area contributed by atoms with Crippen LogP contribution in [-0.4, -0.2) is 34.3 Å². The molecular formula is C21H27NO4. The summed E-state index contributed by atoms with van der Waals surface area (Å²) in [5.41, 5.74) is -2.69. The van der Waals surface area contributed by atoms with E-state index in [0.29, 0.717) is 12.8 Å². The number of nitrogens with zero attached hydrogens (tertiary/aromatic N) is 1. The molecule has 4 aliphatic rings. The molecule has 2 fully saturated rings.